The van der Waals surface area contributed by atoms with E-state index in [0.717, 1.165) is 16.9 Å². The van der Waals surface area contributed by atoms with Crippen LogP contribution >= 0.6 is 22.9 Å². The topological polar surface area (TPSA) is 127 Å². The molecule has 2 heterocycles. The number of amides is 2. The van der Waals surface area contributed by atoms with Crippen LogP contribution in [0.1, 0.15) is 43.0 Å². The number of primary amides is 1. The van der Waals surface area contributed by atoms with Crippen LogP contribution in [0.2, 0.25) is 5.02 Å². The van der Waals surface area contributed by atoms with E-state index >= 15 is 0 Å². The number of halogens is 1. The molecule has 10 heteroatoms. The van der Waals surface area contributed by atoms with Crippen LogP contribution in [0, 0.1) is 6.92 Å². The molecule has 3 aromatic rings. The minimum Gasteiger partial charge on any atom is -0.462 e. The van der Waals surface area contributed by atoms with Gasteiger partial charge in [0.2, 0.25) is 0 Å². The average Bonchev–Trinajstić information content (AvgIpc) is 3.28. The van der Waals surface area contributed by atoms with Crippen molar-refractivity contribution < 1.29 is 19.1 Å². The van der Waals surface area contributed by atoms with Crippen molar-refractivity contribution in [1.82, 2.24) is 10.2 Å². The Hall–Kier alpha value is -3.17. The first-order valence-corrected chi connectivity index (χ1v) is 9.74. The predicted molar refractivity (Wildman–Crippen MR) is 111 cm³/mol. The molecule has 0 unspecified atom stereocenters. The zero-order valence-corrected chi connectivity index (χ0v) is 17.1. The highest BCUT2D eigenvalue weighted by molar-refractivity contribution is 7.18. The molecule has 0 bridgehead atoms. The van der Waals surface area contributed by atoms with E-state index < -0.39 is 17.8 Å². The molecule has 150 valence electrons. The van der Waals surface area contributed by atoms with Crippen LogP contribution < -0.4 is 11.1 Å². The van der Waals surface area contributed by atoms with Gasteiger partial charge in [0, 0.05) is 10.6 Å². The summed E-state index contributed by atoms with van der Waals surface area (Å²) in [4.78, 5) is 36.8. The van der Waals surface area contributed by atoms with Crippen molar-refractivity contribution in [2.45, 2.75) is 13.8 Å². The van der Waals surface area contributed by atoms with Crippen molar-refractivity contribution >= 4 is 45.7 Å². The smallest absolute Gasteiger partial charge is 0.341 e. The Morgan fingerprint density at radius 2 is 1.97 bits per heavy atom. The number of ether oxygens (including phenoxy) is 1. The summed E-state index contributed by atoms with van der Waals surface area (Å²) in [5.74, 6) is -1.86. The molecule has 0 aliphatic heterocycles. The number of rotatable bonds is 6. The van der Waals surface area contributed by atoms with Crippen molar-refractivity contribution in [3.05, 3.63) is 57.1 Å². The molecule has 29 heavy (non-hydrogen) atoms. The van der Waals surface area contributed by atoms with Gasteiger partial charge in [-0.2, -0.15) is 5.10 Å². The van der Waals surface area contributed by atoms with Crippen LogP contribution in [0.3, 0.4) is 0 Å². The summed E-state index contributed by atoms with van der Waals surface area (Å²) in [6.07, 6.45) is 0. The molecule has 2 aromatic heterocycles. The van der Waals surface area contributed by atoms with Gasteiger partial charge in [-0.3, -0.25) is 14.7 Å². The standard InChI is InChI=1S/C19H17ClN4O4S/c1-3-28-19(27)14-9(2)15(16(21)25)29-18(14)22-17(26)13-8-12(23-24-13)10-4-6-11(20)7-5-10/h4-8H,3H2,1-2H3,(H2,21,25)(H,22,26)(H,23,24). The molecule has 0 saturated heterocycles. The highest BCUT2D eigenvalue weighted by atomic mass is 35.5. The van der Waals surface area contributed by atoms with Gasteiger partial charge in [0.15, 0.2) is 0 Å². The number of hydrogen-bond donors (Lipinski definition) is 3. The van der Waals surface area contributed by atoms with E-state index in [1.54, 1.807) is 44.2 Å². The summed E-state index contributed by atoms with van der Waals surface area (Å²) in [7, 11) is 0. The molecular formula is C19H17ClN4O4S. The van der Waals surface area contributed by atoms with Crippen LogP contribution in [0.4, 0.5) is 5.00 Å². The van der Waals surface area contributed by atoms with E-state index in [2.05, 4.69) is 15.5 Å². The number of H-pyrrole nitrogens is 1. The van der Waals surface area contributed by atoms with Gasteiger partial charge >= 0.3 is 5.97 Å². The van der Waals surface area contributed by atoms with E-state index in [0.29, 0.717) is 16.3 Å². The third-order valence-electron chi connectivity index (χ3n) is 4.04. The van der Waals surface area contributed by atoms with Gasteiger partial charge in [-0.15, -0.1) is 11.3 Å². The van der Waals surface area contributed by atoms with Crippen molar-refractivity contribution in [3.63, 3.8) is 0 Å². The first-order chi connectivity index (χ1) is 13.8. The van der Waals surface area contributed by atoms with Crippen LogP contribution in [-0.2, 0) is 4.74 Å². The number of nitrogens with one attached hydrogen (secondary N) is 2. The summed E-state index contributed by atoms with van der Waals surface area (Å²) in [5.41, 5.74) is 7.35. The molecule has 0 spiro atoms. The number of aromatic nitrogens is 2. The number of nitrogens with two attached hydrogens (primary N) is 1. The maximum Gasteiger partial charge on any atom is 0.341 e. The Morgan fingerprint density at radius 1 is 1.28 bits per heavy atom. The van der Waals surface area contributed by atoms with Gasteiger partial charge in [0.25, 0.3) is 11.8 Å². The molecular weight excluding hydrogens is 416 g/mol. The predicted octanol–water partition coefficient (Wildman–Crippen LogP) is 3.63. The molecule has 0 saturated carbocycles. The minimum absolute atomic E-state index is 0.108. The Labute approximate surface area is 175 Å². The lowest BCUT2D eigenvalue weighted by molar-refractivity contribution is 0.0527. The molecule has 0 aliphatic rings. The maximum atomic E-state index is 12.7. The van der Waals surface area contributed by atoms with E-state index in [1.165, 1.54) is 0 Å². The molecule has 0 aliphatic carbocycles. The van der Waals surface area contributed by atoms with Crippen LogP contribution in [0.5, 0.6) is 0 Å². The van der Waals surface area contributed by atoms with Gasteiger partial charge in [-0.1, -0.05) is 23.7 Å². The Bertz CT molecular complexity index is 1090. The van der Waals surface area contributed by atoms with E-state index in [9.17, 15) is 14.4 Å². The SMILES string of the molecule is CCOC(=O)c1c(NC(=O)c2cc(-c3ccc(Cl)cc3)n[nH]2)sc(C(N)=O)c1C. The second-order valence-electron chi connectivity index (χ2n) is 5.97. The zero-order valence-electron chi connectivity index (χ0n) is 15.5. The highest BCUT2D eigenvalue weighted by Crippen LogP contribution is 2.34. The lowest BCUT2D eigenvalue weighted by Gasteiger charge is -2.06. The van der Waals surface area contributed by atoms with Crippen molar-refractivity contribution in [1.29, 1.82) is 0 Å². The molecule has 3 rings (SSSR count). The number of anilines is 1. The molecule has 1 aromatic carbocycles. The molecule has 0 atom stereocenters. The number of esters is 1. The Morgan fingerprint density at radius 3 is 2.59 bits per heavy atom. The molecule has 0 fully saturated rings. The van der Waals surface area contributed by atoms with Gasteiger partial charge in [-0.05, 0) is 37.6 Å². The molecule has 8 nitrogen and oxygen atoms in total. The second-order valence-corrected chi connectivity index (χ2v) is 7.43. The summed E-state index contributed by atoms with van der Waals surface area (Å²) in [5, 5.41) is 10.2. The Kier molecular flexibility index (Phi) is 6.00. The summed E-state index contributed by atoms with van der Waals surface area (Å²) in [6, 6.07) is 8.56. The van der Waals surface area contributed by atoms with Crippen LogP contribution in [-0.4, -0.2) is 34.6 Å². The Balaban J connectivity index is 1.89. The second kappa shape index (κ2) is 8.46. The van der Waals surface area contributed by atoms with Gasteiger partial charge in [-0.25, -0.2) is 4.79 Å². The van der Waals surface area contributed by atoms with Crippen LogP contribution in [0.15, 0.2) is 30.3 Å². The zero-order chi connectivity index (χ0) is 21.1. The van der Waals surface area contributed by atoms with Gasteiger partial charge < -0.3 is 15.8 Å². The third kappa shape index (κ3) is 4.30. The average molecular weight is 433 g/mol. The first kappa shape index (κ1) is 20.6. The number of nitrogens with zero attached hydrogens (tertiary/aromatic N) is 1. The summed E-state index contributed by atoms with van der Waals surface area (Å²) in [6.45, 7) is 3.39. The fourth-order valence-corrected chi connectivity index (χ4v) is 3.83. The number of carbonyl (C=O) groups is 3. The fraction of sp³-hybridized carbons (Fsp3) is 0.158. The third-order valence-corrected chi connectivity index (χ3v) is 5.51. The normalized spacial score (nSPS) is 10.6. The monoisotopic (exact) mass is 432 g/mol. The largest absolute Gasteiger partial charge is 0.462 e. The van der Waals surface area contributed by atoms with Crippen molar-refractivity contribution in [2.24, 2.45) is 5.73 Å². The van der Waals surface area contributed by atoms with Gasteiger partial charge in [0.05, 0.1) is 22.7 Å². The first-order valence-electron chi connectivity index (χ1n) is 8.54. The quantitative estimate of drug-likeness (QED) is 0.512. The van der Waals surface area contributed by atoms with Crippen molar-refractivity contribution in [3.8, 4) is 11.3 Å². The fourth-order valence-electron chi connectivity index (χ4n) is 2.66. The molecule has 4 N–H and O–H groups in total. The van der Waals surface area contributed by atoms with Crippen molar-refractivity contribution in [2.75, 3.05) is 11.9 Å². The lowest BCUT2D eigenvalue weighted by Crippen LogP contribution is -2.15. The number of benzene rings is 1. The molecule has 2 amide bonds. The number of aromatic amines is 1. The number of hydrogen-bond acceptors (Lipinski definition) is 6. The number of thiophene rings is 1. The summed E-state index contributed by atoms with van der Waals surface area (Å²) >= 11 is 6.80. The maximum absolute atomic E-state index is 12.7. The lowest BCUT2D eigenvalue weighted by atomic mass is 10.1. The van der Waals surface area contributed by atoms with E-state index in [1.807, 2.05) is 0 Å². The number of carbonyl (C=O) groups excluding carboxylic acids is 3. The van der Waals surface area contributed by atoms with Gasteiger partial charge in [0.1, 0.15) is 10.7 Å². The molecule has 0 radical (unpaired) electrons. The van der Waals surface area contributed by atoms with E-state index in [-0.39, 0.29) is 27.7 Å². The van der Waals surface area contributed by atoms with Crippen LogP contribution in [0.25, 0.3) is 11.3 Å². The highest BCUT2D eigenvalue weighted by Gasteiger charge is 2.26. The summed E-state index contributed by atoms with van der Waals surface area (Å²) < 4.78 is 5.03. The minimum atomic E-state index is -0.690. The van der Waals surface area contributed by atoms with E-state index in [4.69, 9.17) is 22.1 Å².